The van der Waals surface area contributed by atoms with Gasteiger partial charge in [-0.15, -0.1) is 0 Å². The SMILES string of the molecule is C[Si](C)(c1cccc(-n2[c-]cnc2F)n1)c1cccc(-n2[c-]cnc2F)n1.[Pt+2]. The zero-order chi connectivity index (χ0) is 19.0. The van der Waals surface area contributed by atoms with E-state index in [0.29, 0.717) is 11.6 Å². The van der Waals surface area contributed by atoms with E-state index in [2.05, 4.69) is 45.4 Å². The van der Waals surface area contributed by atoms with Crippen LogP contribution < -0.4 is 10.6 Å². The molecule has 0 radical (unpaired) electrons. The minimum Gasteiger partial charge on any atom is -0.423 e. The van der Waals surface area contributed by atoms with Crippen molar-refractivity contribution in [3.63, 3.8) is 0 Å². The molecule has 144 valence electrons. The predicted octanol–water partition coefficient (Wildman–Crippen LogP) is 1.55. The molecule has 4 rings (SSSR count). The van der Waals surface area contributed by atoms with Gasteiger partial charge in [-0.25, -0.2) is 8.78 Å². The first-order valence-electron chi connectivity index (χ1n) is 8.14. The molecule has 4 heterocycles. The number of hydrogen-bond acceptors (Lipinski definition) is 4. The third kappa shape index (κ3) is 3.59. The van der Waals surface area contributed by atoms with Crippen molar-refractivity contribution in [2.75, 3.05) is 0 Å². The van der Waals surface area contributed by atoms with Crippen LogP contribution in [0.25, 0.3) is 11.6 Å². The van der Waals surface area contributed by atoms with E-state index in [4.69, 9.17) is 0 Å². The molecule has 0 amide bonds. The Morgan fingerprint density at radius 2 is 1.21 bits per heavy atom. The van der Waals surface area contributed by atoms with Crippen molar-refractivity contribution in [2.45, 2.75) is 13.1 Å². The molecule has 4 aromatic heterocycles. The molecular weight excluding hydrogens is 561 g/mol. The second-order valence-electron chi connectivity index (χ2n) is 6.37. The monoisotopic (exact) mass is 575 g/mol. The van der Waals surface area contributed by atoms with Crippen LogP contribution in [0.15, 0.2) is 48.8 Å². The van der Waals surface area contributed by atoms with Crippen LogP contribution in [-0.4, -0.2) is 37.1 Å². The van der Waals surface area contributed by atoms with E-state index < -0.39 is 20.2 Å². The van der Waals surface area contributed by atoms with Crippen LogP contribution in [0.3, 0.4) is 0 Å². The molecule has 0 N–H and O–H groups in total. The number of aromatic nitrogens is 6. The summed E-state index contributed by atoms with van der Waals surface area (Å²) in [5.41, 5.74) is 0. The first kappa shape index (κ1) is 20.2. The number of halogens is 2. The number of nitrogens with zero attached hydrogens (tertiary/aromatic N) is 6. The standard InChI is InChI=1S/C18H14F2N6Si.Pt/c1-27(2,15-7-3-5-13(23-15)25-11-9-21-17(25)19)16-8-4-6-14(24-16)26-12-10-22-18(26)20;/h3-10H,1-2H3;/q-2;+2. The molecule has 0 fully saturated rings. The predicted molar refractivity (Wildman–Crippen MR) is 97.1 cm³/mol. The Labute approximate surface area is 175 Å². The molecule has 0 saturated heterocycles. The smallest absolute Gasteiger partial charge is 0.423 e. The molecule has 0 spiro atoms. The summed E-state index contributed by atoms with van der Waals surface area (Å²) in [7, 11) is -2.34. The summed E-state index contributed by atoms with van der Waals surface area (Å²) in [6.07, 6.45) is 6.54. The zero-order valence-corrected chi connectivity index (χ0v) is 18.1. The Bertz CT molecular complexity index is 1020. The molecule has 0 atom stereocenters. The minimum absolute atomic E-state index is 0. The maximum Gasteiger partial charge on any atom is 2.00 e. The molecule has 0 unspecified atom stereocenters. The van der Waals surface area contributed by atoms with E-state index in [0.717, 1.165) is 19.8 Å². The van der Waals surface area contributed by atoms with E-state index in [1.165, 1.54) is 12.4 Å². The van der Waals surface area contributed by atoms with Gasteiger partial charge in [-0.2, -0.15) is 0 Å². The van der Waals surface area contributed by atoms with Crippen LogP contribution in [0.4, 0.5) is 8.78 Å². The van der Waals surface area contributed by atoms with Gasteiger partial charge in [0.15, 0.2) is 20.2 Å². The summed E-state index contributed by atoms with van der Waals surface area (Å²) in [6.45, 7) is 4.15. The van der Waals surface area contributed by atoms with Crippen molar-refractivity contribution >= 4 is 18.7 Å². The first-order chi connectivity index (χ1) is 13.0. The summed E-state index contributed by atoms with van der Waals surface area (Å²) < 4.78 is 29.9. The van der Waals surface area contributed by atoms with E-state index in [-0.39, 0.29) is 21.1 Å². The molecule has 0 bridgehead atoms. The summed E-state index contributed by atoms with van der Waals surface area (Å²) in [5.74, 6) is 0.793. The van der Waals surface area contributed by atoms with Crippen molar-refractivity contribution in [2.24, 2.45) is 0 Å². The largest absolute Gasteiger partial charge is 2.00 e. The van der Waals surface area contributed by atoms with Crippen LogP contribution in [0.1, 0.15) is 0 Å². The molecule has 10 heteroatoms. The molecular formula is C18H14F2N6PtSi. The fourth-order valence-corrected chi connectivity index (χ4v) is 4.82. The third-order valence-electron chi connectivity index (χ3n) is 4.29. The van der Waals surface area contributed by atoms with Crippen LogP contribution in [0.5, 0.6) is 0 Å². The molecule has 0 saturated carbocycles. The van der Waals surface area contributed by atoms with Crippen LogP contribution >= 0.6 is 0 Å². The number of pyridine rings is 2. The molecule has 0 aliphatic heterocycles. The third-order valence-corrected chi connectivity index (χ3v) is 7.41. The summed E-state index contributed by atoms with van der Waals surface area (Å²) in [6, 6.07) is 10.8. The number of imidazole rings is 2. The van der Waals surface area contributed by atoms with E-state index in [9.17, 15) is 8.78 Å². The second-order valence-corrected chi connectivity index (χ2v) is 10.6. The Morgan fingerprint density at radius 1 is 0.786 bits per heavy atom. The molecule has 0 aliphatic rings. The van der Waals surface area contributed by atoms with Crippen molar-refractivity contribution in [3.8, 4) is 11.6 Å². The molecule has 28 heavy (non-hydrogen) atoms. The maximum absolute atomic E-state index is 13.8. The van der Waals surface area contributed by atoms with Gasteiger partial charge in [0, 0.05) is 22.3 Å². The van der Waals surface area contributed by atoms with Crippen LogP contribution in [0.2, 0.25) is 13.1 Å². The molecule has 6 nitrogen and oxygen atoms in total. The Kier molecular flexibility index (Phi) is 5.67. The van der Waals surface area contributed by atoms with Gasteiger partial charge in [0.05, 0.1) is 0 Å². The van der Waals surface area contributed by atoms with Crippen LogP contribution in [-0.2, 0) is 21.1 Å². The molecule has 0 aromatic carbocycles. The Morgan fingerprint density at radius 3 is 1.57 bits per heavy atom. The van der Waals surface area contributed by atoms with Gasteiger partial charge in [0.1, 0.15) is 0 Å². The Balaban J connectivity index is 0.00000225. The summed E-state index contributed by atoms with van der Waals surface area (Å²) in [5, 5.41) is 1.61. The summed E-state index contributed by atoms with van der Waals surface area (Å²) >= 11 is 0. The fraction of sp³-hybridized carbons (Fsp3) is 0.111. The Hall–Kier alpha value is -2.51. The quantitative estimate of drug-likeness (QED) is 0.274. The minimum atomic E-state index is -2.34. The van der Waals surface area contributed by atoms with Gasteiger partial charge < -0.3 is 19.1 Å². The van der Waals surface area contributed by atoms with Crippen molar-refractivity contribution in [1.29, 1.82) is 0 Å². The van der Waals surface area contributed by atoms with Crippen molar-refractivity contribution < 1.29 is 29.8 Å². The van der Waals surface area contributed by atoms with Crippen molar-refractivity contribution in [3.05, 3.63) is 73.3 Å². The van der Waals surface area contributed by atoms with E-state index in [1.807, 2.05) is 24.3 Å². The topological polar surface area (TPSA) is 61.4 Å². The fourth-order valence-electron chi connectivity index (χ4n) is 2.75. The van der Waals surface area contributed by atoms with Gasteiger partial charge in [0.2, 0.25) is 0 Å². The number of hydrogen-bond donors (Lipinski definition) is 0. The average molecular weight is 576 g/mol. The summed E-state index contributed by atoms with van der Waals surface area (Å²) in [4.78, 5) is 16.3. The second kappa shape index (κ2) is 7.85. The first-order valence-corrected chi connectivity index (χ1v) is 11.1. The average Bonchev–Trinajstić information content (AvgIpc) is 3.30. The molecule has 0 aliphatic carbocycles. The van der Waals surface area contributed by atoms with Gasteiger partial charge in [-0.1, -0.05) is 49.8 Å². The maximum atomic E-state index is 13.8. The number of rotatable bonds is 4. The van der Waals surface area contributed by atoms with Crippen LogP contribution in [0, 0.1) is 24.6 Å². The normalized spacial score (nSPS) is 11.3. The van der Waals surface area contributed by atoms with E-state index in [1.54, 1.807) is 12.1 Å². The molecule has 4 aromatic rings. The van der Waals surface area contributed by atoms with Crippen molar-refractivity contribution in [1.82, 2.24) is 29.1 Å². The van der Waals surface area contributed by atoms with Gasteiger partial charge in [0.25, 0.3) is 0 Å². The van der Waals surface area contributed by atoms with Gasteiger partial charge in [-0.05, 0) is 24.5 Å². The van der Waals surface area contributed by atoms with Gasteiger partial charge in [-0.3, -0.25) is 9.97 Å². The van der Waals surface area contributed by atoms with Gasteiger partial charge >= 0.3 is 21.1 Å². The van der Waals surface area contributed by atoms with E-state index >= 15 is 0 Å². The zero-order valence-electron chi connectivity index (χ0n) is 14.9.